The molecule has 0 radical (unpaired) electrons. The quantitative estimate of drug-likeness (QED) is 0.573. The lowest BCUT2D eigenvalue weighted by Gasteiger charge is -2.22. The van der Waals surface area contributed by atoms with E-state index < -0.39 is 0 Å². The van der Waals surface area contributed by atoms with Gasteiger partial charge < -0.3 is 20.3 Å². The standard InChI is InChI=1S/C18H28ClN5O/c1-20-17(22-13-18(6-7-18)8-11-25-2)23-14-5-10-24(12-14)16-15(19)4-3-9-21-16/h3-4,9,14H,5-8,10-13H2,1-2H3,(H2,20,22,23). The first kappa shape index (κ1) is 18.3. The lowest BCUT2D eigenvalue weighted by molar-refractivity contribution is 0.172. The van der Waals surface area contributed by atoms with E-state index in [1.165, 1.54) is 12.8 Å². The number of methoxy groups -OCH3 is 1. The molecular weight excluding hydrogens is 338 g/mol. The van der Waals surface area contributed by atoms with Gasteiger partial charge in [-0.1, -0.05) is 11.6 Å². The first-order chi connectivity index (χ1) is 12.2. The van der Waals surface area contributed by atoms with E-state index >= 15 is 0 Å². The maximum Gasteiger partial charge on any atom is 0.191 e. The molecule has 1 unspecified atom stereocenters. The van der Waals surface area contributed by atoms with Crippen molar-refractivity contribution in [2.45, 2.75) is 31.7 Å². The van der Waals surface area contributed by atoms with E-state index in [1.54, 1.807) is 13.3 Å². The molecule has 2 fully saturated rings. The second-order valence-electron chi connectivity index (χ2n) is 7.05. The van der Waals surface area contributed by atoms with E-state index in [1.807, 2.05) is 19.2 Å². The normalized spacial score (nSPS) is 22.1. The molecule has 6 nitrogen and oxygen atoms in total. The maximum atomic E-state index is 6.26. The van der Waals surface area contributed by atoms with Gasteiger partial charge in [-0.3, -0.25) is 4.99 Å². The minimum atomic E-state index is 0.346. The molecule has 0 spiro atoms. The van der Waals surface area contributed by atoms with Crippen LogP contribution in [0.3, 0.4) is 0 Å². The van der Waals surface area contributed by atoms with Crippen LogP contribution < -0.4 is 15.5 Å². The number of nitrogens with zero attached hydrogens (tertiary/aromatic N) is 3. The van der Waals surface area contributed by atoms with Crippen LogP contribution in [0.2, 0.25) is 5.02 Å². The Balaban J connectivity index is 1.48. The van der Waals surface area contributed by atoms with Crippen LogP contribution >= 0.6 is 11.6 Å². The van der Waals surface area contributed by atoms with Crippen molar-refractivity contribution in [1.29, 1.82) is 0 Å². The summed E-state index contributed by atoms with van der Waals surface area (Å²) in [6.45, 7) is 3.62. The Morgan fingerprint density at radius 2 is 2.36 bits per heavy atom. The highest BCUT2D eigenvalue weighted by atomic mass is 35.5. The summed E-state index contributed by atoms with van der Waals surface area (Å²) in [4.78, 5) is 11.0. The van der Waals surface area contributed by atoms with Crippen LogP contribution in [-0.2, 0) is 4.74 Å². The zero-order chi connectivity index (χ0) is 17.7. The first-order valence-electron chi connectivity index (χ1n) is 8.97. The molecule has 1 aliphatic heterocycles. The Hall–Kier alpha value is -1.53. The molecule has 138 valence electrons. The van der Waals surface area contributed by atoms with Gasteiger partial charge in [-0.15, -0.1) is 0 Å². The Kier molecular flexibility index (Phi) is 6.02. The van der Waals surface area contributed by atoms with E-state index in [4.69, 9.17) is 16.3 Å². The number of pyridine rings is 1. The van der Waals surface area contributed by atoms with Gasteiger partial charge in [0.15, 0.2) is 5.96 Å². The van der Waals surface area contributed by atoms with E-state index in [0.29, 0.717) is 16.5 Å². The van der Waals surface area contributed by atoms with Crippen molar-refractivity contribution in [1.82, 2.24) is 15.6 Å². The summed E-state index contributed by atoms with van der Waals surface area (Å²) in [5.74, 6) is 1.75. The highest BCUT2D eigenvalue weighted by Crippen LogP contribution is 2.48. The maximum absolute atomic E-state index is 6.26. The van der Waals surface area contributed by atoms with Gasteiger partial charge >= 0.3 is 0 Å². The monoisotopic (exact) mass is 365 g/mol. The van der Waals surface area contributed by atoms with Gasteiger partial charge in [-0.25, -0.2) is 4.98 Å². The zero-order valence-electron chi connectivity index (χ0n) is 15.1. The SMILES string of the molecule is CN=C(NCC1(CCOC)CC1)NC1CCN(c2ncccc2Cl)C1. The summed E-state index contributed by atoms with van der Waals surface area (Å²) < 4.78 is 5.23. The van der Waals surface area contributed by atoms with E-state index in [9.17, 15) is 0 Å². The summed E-state index contributed by atoms with van der Waals surface area (Å²) in [5.41, 5.74) is 0.400. The average Bonchev–Trinajstić information content (AvgIpc) is 3.25. The molecular formula is C18H28ClN5O. The first-order valence-corrected chi connectivity index (χ1v) is 9.35. The minimum absolute atomic E-state index is 0.346. The van der Waals surface area contributed by atoms with Crippen molar-refractivity contribution in [3.8, 4) is 0 Å². The molecule has 1 saturated heterocycles. The minimum Gasteiger partial charge on any atom is -0.385 e. The fourth-order valence-corrected chi connectivity index (χ4v) is 3.59. The molecule has 0 bridgehead atoms. The van der Waals surface area contributed by atoms with Crippen molar-refractivity contribution < 1.29 is 4.74 Å². The molecule has 1 aliphatic carbocycles. The van der Waals surface area contributed by atoms with Crippen LogP contribution in [-0.4, -0.2) is 57.4 Å². The van der Waals surface area contributed by atoms with Crippen molar-refractivity contribution >= 4 is 23.4 Å². The van der Waals surface area contributed by atoms with Crippen LogP contribution in [0.1, 0.15) is 25.7 Å². The molecule has 2 N–H and O–H groups in total. The Morgan fingerprint density at radius 3 is 3.04 bits per heavy atom. The number of halogens is 1. The number of aliphatic imine (C=N–C) groups is 1. The molecule has 0 amide bonds. The van der Waals surface area contributed by atoms with Crippen LogP contribution in [0.15, 0.2) is 23.3 Å². The second kappa shape index (κ2) is 8.23. The van der Waals surface area contributed by atoms with Crippen molar-refractivity contribution in [3.05, 3.63) is 23.4 Å². The predicted octanol–water partition coefficient (Wildman–Crippen LogP) is 2.30. The van der Waals surface area contributed by atoms with Gasteiger partial charge in [-0.2, -0.15) is 0 Å². The Morgan fingerprint density at radius 1 is 1.52 bits per heavy atom. The fourth-order valence-electron chi connectivity index (χ4n) is 3.35. The van der Waals surface area contributed by atoms with E-state index in [2.05, 4.69) is 25.5 Å². The predicted molar refractivity (Wildman–Crippen MR) is 103 cm³/mol. The van der Waals surface area contributed by atoms with Crippen molar-refractivity contribution in [2.75, 3.05) is 45.3 Å². The number of rotatable bonds is 7. The third-order valence-corrected chi connectivity index (χ3v) is 5.51. The van der Waals surface area contributed by atoms with E-state index in [-0.39, 0.29) is 0 Å². The molecule has 1 aromatic rings. The summed E-state index contributed by atoms with van der Waals surface area (Å²) in [6, 6.07) is 4.10. The van der Waals surface area contributed by atoms with Gasteiger partial charge in [0.05, 0.1) is 5.02 Å². The zero-order valence-corrected chi connectivity index (χ0v) is 15.9. The average molecular weight is 366 g/mol. The van der Waals surface area contributed by atoms with Gasteiger partial charge in [-0.05, 0) is 43.2 Å². The number of guanidine groups is 1. The van der Waals surface area contributed by atoms with Gasteiger partial charge in [0.2, 0.25) is 0 Å². The Labute approximate surface area is 155 Å². The smallest absolute Gasteiger partial charge is 0.191 e. The van der Waals surface area contributed by atoms with Gasteiger partial charge in [0.1, 0.15) is 5.82 Å². The highest BCUT2D eigenvalue weighted by molar-refractivity contribution is 6.32. The summed E-state index contributed by atoms with van der Waals surface area (Å²) in [6.07, 6.45) is 6.49. The summed E-state index contributed by atoms with van der Waals surface area (Å²) >= 11 is 6.26. The van der Waals surface area contributed by atoms with Gasteiger partial charge in [0, 0.05) is 52.6 Å². The molecule has 2 heterocycles. The lowest BCUT2D eigenvalue weighted by Crippen LogP contribution is -2.46. The van der Waals surface area contributed by atoms with Crippen molar-refractivity contribution in [3.63, 3.8) is 0 Å². The molecule has 1 aromatic heterocycles. The number of hydrogen-bond donors (Lipinski definition) is 2. The van der Waals surface area contributed by atoms with Crippen LogP contribution in [0.25, 0.3) is 0 Å². The summed E-state index contributed by atoms with van der Waals surface area (Å²) in [5, 5.41) is 7.74. The van der Waals surface area contributed by atoms with Gasteiger partial charge in [0.25, 0.3) is 0 Å². The number of hydrogen-bond acceptors (Lipinski definition) is 4. The molecule has 0 aromatic carbocycles. The number of aromatic nitrogens is 1. The molecule has 25 heavy (non-hydrogen) atoms. The third-order valence-electron chi connectivity index (χ3n) is 5.22. The molecule has 1 saturated carbocycles. The topological polar surface area (TPSA) is 61.8 Å². The van der Waals surface area contributed by atoms with Crippen molar-refractivity contribution in [2.24, 2.45) is 10.4 Å². The summed E-state index contributed by atoms with van der Waals surface area (Å²) in [7, 11) is 3.59. The lowest BCUT2D eigenvalue weighted by atomic mass is 10.0. The molecule has 2 aliphatic rings. The molecule has 7 heteroatoms. The third kappa shape index (κ3) is 4.76. The fraction of sp³-hybridized carbons (Fsp3) is 0.667. The second-order valence-corrected chi connectivity index (χ2v) is 7.46. The number of nitrogens with one attached hydrogen (secondary N) is 2. The molecule has 1 atom stereocenters. The largest absolute Gasteiger partial charge is 0.385 e. The molecule has 3 rings (SSSR count). The van der Waals surface area contributed by atoms with Crippen LogP contribution in [0.5, 0.6) is 0 Å². The number of ether oxygens (including phenoxy) is 1. The van der Waals surface area contributed by atoms with Crippen LogP contribution in [0, 0.1) is 5.41 Å². The van der Waals surface area contributed by atoms with Crippen LogP contribution in [0.4, 0.5) is 5.82 Å². The number of anilines is 1. The van der Waals surface area contributed by atoms with E-state index in [0.717, 1.165) is 50.9 Å². The highest BCUT2D eigenvalue weighted by Gasteiger charge is 2.42. The Bertz CT molecular complexity index is 605.